The zero-order valence-electron chi connectivity index (χ0n) is 21.5. The van der Waals surface area contributed by atoms with E-state index >= 15 is 0 Å². The van der Waals surface area contributed by atoms with Gasteiger partial charge in [0.15, 0.2) is 0 Å². The van der Waals surface area contributed by atoms with Gasteiger partial charge in [0.25, 0.3) is 0 Å². The molecule has 0 heterocycles. The van der Waals surface area contributed by atoms with Crippen molar-refractivity contribution >= 4 is 21.8 Å². The normalized spacial score (nSPS) is 12.1. The van der Waals surface area contributed by atoms with Gasteiger partial charge in [0, 0.05) is 32.5 Å². The van der Waals surface area contributed by atoms with Gasteiger partial charge in [0.05, 0.1) is 11.5 Å². The molecule has 0 aliphatic heterocycles. The molecule has 3 rings (SSSR count). The third-order valence-electron chi connectivity index (χ3n) is 6.07. The average Bonchev–Trinajstić information content (AvgIpc) is 2.93. The van der Waals surface area contributed by atoms with E-state index in [2.05, 4.69) is 10.0 Å². The number of nitrogens with one attached hydrogen (secondary N) is 2. The first-order valence-corrected chi connectivity index (χ1v) is 14.2. The van der Waals surface area contributed by atoms with Crippen molar-refractivity contribution in [1.29, 1.82) is 0 Å². The quantitative estimate of drug-likeness (QED) is 0.292. The summed E-state index contributed by atoms with van der Waals surface area (Å²) in [5.41, 5.74) is 2.63. The molecule has 1 atom stereocenters. The summed E-state index contributed by atoms with van der Waals surface area (Å²) in [6.07, 6.45) is 0.861. The molecule has 9 heteroatoms. The molecule has 8 nitrogen and oxygen atoms in total. The first-order valence-electron chi connectivity index (χ1n) is 12.7. The lowest BCUT2D eigenvalue weighted by Gasteiger charge is -2.31. The Labute approximate surface area is 224 Å². The van der Waals surface area contributed by atoms with Crippen LogP contribution in [0.4, 0.5) is 0 Å². The third kappa shape index (κ3) is 8.51. The summed E-state index contributed by atoms with van der Waals surface area (Å²) in [7, 11) is -3.55. The fraction of sp³-hybridized carbons (Fsp3) is 0.310. The Balaban J connectivity index is 1.83. The Bertz CT molecular complexity index is 1270. The van der Waals surface area contributed by atoms with Gasteiger partial charge in [-0.1, -0.05) is 79.7 Å². The van der Waals surface area contributed by atoms with Crippen molar-refractivity contribution in [2.75, 3.05) is 19.7 Å². The molecule has 0 aliphatic carbocycles. The van der Waals surface area contributed by atoms with E-state index in [1.807, 2.05) is 60.7 Å². The van der Waals surface area contributed by atoms with E-state index in [4.69, 9.17) is 0 Å². The minimum Gasteiger partial charge on any atom is -0.395 e. The molecule has 0 aromatic heterocycles. The average molecular weight is 538 g/mol. The second-order valence-corrected chi connectivity index (χ2v) is 10.6. The molecule has 0 spiro atoms. The summed E-state index contributed by atoms with van der Waals surface area (Å²) in [4.78, 5) is 28.6. The Morgan fingerprint density at radius 3 is 2.05 bits per heavy atom. The Hall–Kier alpha value is -3.53. The molecule has 3 aromatic carbocycles. The first kappa shape index (κ1) is 29.0. The van der Waals surface area contributed by atoms with Crippen LogP contribution in [0.3, 0.4) is 0 Å². The number of aryl methyl sites for hydroxylation is 1. The highest BCUT2D eigenvalue weighted by molar-refractivity contribution is 7.89. The second-order valence-electron chi connectivity index (χ2n) is 8.87. The molecule has 2 amide bonds. The van der Waals surface area contributed by atoms with Crippen LogP contribution >= 0.6 is 0 Å². The van der Waals surface area contributed by atoms with Gasteiger partial charge in [0.2, 0.25) is 21.8 Å². The largest absolute Gasteiger partial charge is 0.395 e. The molecular formula is C29H35N3O5S. The van der Waals surface area contributed by atoms with Crippen molar-refractivity contribution in [2.45, 2.75) is 43.7 Å². The molecule has 0 radical (unpaired) electrons. The number of hydrogen-bond donors (Lipinski definition) is 3. The minimum atomic E-state index is -3.55. The van der Waals surface area contributed by atoms with Gasteiger partial charge in [-0.2, -0.15) is 0 Å². The molecule has 0 fully saturated rings. The van der Waals surface area contributed by atoms with Crippen LogP contribution in [0, 0.1) is 0 Å². The van der Waals surface area contributed by atoms with Crippen molar-refractivity contribution < 1.29 is 23.1 Å². The van der Waals surface area contributed by atoms with Gasteiger partial charge in [-0.25, -0.2) is 13.1 Å². The number of rotatable bonds is 14. The van der Waals surface area contributed by atoms with Crippen LogP contribution in [0.1, 0.15) is 30.0 Å². The van der Waals surface area contributed by atoms with Crippen molar-refractivity contribution in [2.24, 2.45) is 0 Å². The van der Waals surface area contributed by atoms with E-state index in [0.29, 0.717) is 19.4 Å². The van der Waals surface area contributed by atoms with Gasteiger partial charge >= 0.3 is 0 Å². The molecule has 0 bridgehead atoms. The predicted octanol–water partition coefficient (Wildman–Crippen LogP) is 2.67. The number of aliphatic hydroxyl groups is 1. The highest BCUT2D eigenvalue weighted by Crippen LogP contribution is 2.18. The second kappa shape index (κ2) is 14.4. The lowest BCUT2D eigenvalue weighted by molar-refractivity contribution is -0.141. The topological polar surface area (TPSA) is 116 Å². The Morgan fingerprint density at radius 2 is 1.47 bits per heavy atom. The maximum absolute atomic E-state index is 13.6. The predicted molar refractivity (Wildman–Crippen MR) is 147 cm³/mol. The standard InChI is InChI=1S/C29H35N3O5S/c1-2-31-38(36,37)26-16-13-23(14-17-26)15-18-28(34)32(22-25-11-7-4-8-12-25)27(29(35)30-19-20-33)21-24-9-5-3-6-10-24/h3-14,16-17,27,31,33H,2,15,18-22H2,1H3,(H,30,35)/t27-/m0/s1. The molecule has 38 heavy (non-hydrogen) atoms. The monoisotopic (exact) mass is 537 g/mol. The zero-order valence-corrected chi connectivity index (χ0v) is 22.4. The van der Waals surface area contributed by atoms with E-state index in [1.54, 1.807) is 24.0 Å². The number of benzene rings is 3. The summed E-state index contributed by atoms with van der Waals surface area (Å²) in [5.74, 6) is -0.525. The van der Waals surface area contributed by atoms with E-state index < -0.39 is 16.1 Å². The zero-order chi connectivity index (χ0) is 27.4. The van der Waals surface area contributed by atoms with Crippen LogP contribution in [0.15, 0.2) is 89.8 Å². The van der Waals surface area contributed by atoms with Crippen molar-refractivity contribution in [3.63, 3.8) is 0 Å². The molecule has 0 saturated carbocycles. The van der Waals surface area contributed by atoms with E-state index in [-0.39, 0.29) is 42.8 Å². The smallest absolute Gasteiger partial charge is 0.243 e. The molecule has 3 aromatic rings. The van der Waals surface area contributed by atoms with Gasteiger partial charge in [-0.15, -0.1) is 0 Å². The summed E-state index contributed by atoms with van der Waals surface area (Å²) in [6, 6.07) is 24.7. The van der Waals surface area contributed by atoms with Crippen molar-refractivity contribution in [3.8, 4) is 0 Å². The maximum atomic E-state index is 13.6. The number of nitrogens with zero attached hydrogens (tertiary/aromatic N) is 1. The number of carbonyl (C=O) groups is 2. The summed E-state index contributed by atoms with van der Waals surface area (Å²) >= 11 is 0. The maximum Gasteiger partial charge on any atom is 0.243 e. The summed E-state index contributed by atoms with van der Waals surface area (Å²) in [6.45, 7) is 2.17. The van der Waals surface area contributed by atoms with Gasteiger partial charge in [-0.3, -0.25) is 9.59 Å². The SMILES string of the molecule is CCNS(=O)(=O)c1ccc(CCC(=O)N(Cc2ccccc2)[C@@H](Cc2ccccc2)C(=O)NCCO)cc1. The highest BCUT2D eigenvalue weighted by atomic mass is 32.2. The number of amides is 2. The van der Waals surface area contributed by atoms with Gasteiger partial charge in [-0.05, 0) is 35.2 Å². The molecule has 0 aliphatic rings. The Morgan fingerprint density at radius 1 is 0.868 bits per heavy atom. The van der Waals surface area contributed by atoms with Crippen LogP contribution in [0.25, 0.3) is 0 Å². The van der Waals surface area contributed by atoms with Crippen LogP contribution in [-0.2, 0) is 39.0 Å². The fourth-order valence-corrected chi connectivity index (χ4v) is 5.18. The van der Waals surface area contributed by atoms with E-state index in [9.17, 15) is 23.1 Å². The van der Waals surface area contributed by atoms with Crippen LogP contribution in [-0.4, -0.2) is 56.0 Å². The van der Waals surface area contributed by atoms with Gasteiger partial charge in [0.1, 0.15) is 6.04 Å². The highest BCUT2D eigenvalue weighted by Gasteiger charge is 2.30. The van der Waals surface area contributed by atoms with Gasteiger partial charge < -0.3 is 15.3 Å². The fourth-order valence-electron chi connectivity index (χ4n) is 4.13. The molecule has 0 unspecified atom stereocenters. The van der Waals surface area contributed by atoms with Crippen molar-refractivity contribution in [1.82, 2.24) is 14.9 Å². The van der Waals surface area contributed by atoms with Crippen LogP contribution < -0.4 is 10.0 Å². The Kier molecular flexibility index (Phi) is 11.0. The van der Waals surface area contributed by atoms with E-state index in [1.165, 1.54) is 12.1 Å². The van der Waals surface area contributed by atoms with Crippen LogP contribution in [0.2, 0.25) is 0 Å². The lowest BCUT2D eigenvalue weighted by atomic mass is 10.0. The lowest BCUT2D eigenvalue weighted by Crippen LogP contribution is -2.51. The first-order chi connectivity index (χ1) is 18.3. The van der Waals surface area contributed by atoms with Crippen molar-refractivity contribution in [3.05, 3.63) is 102 Å². The third-order valence-corrected chi connectivity index (χ3v) is 7.63. The number of sulfonamides is 1. The molecular weight excluding hydrogens is 502 g/mol. The number of carbonyl (C=O) groups excluding carboxylic acids is 2. The summed E-state index contributed by atoms with van der Waals surface area (Å²) in [5, 5.41) is 12.0. The number of hydrogen-bond acceptors (Lipinski definition) is 5. The summed E-state index contributed by atoms with van der Waals surface area (Å²) < 4.78 is 26.9. The number of aliphatic hydroxyl groups excluding tert-OH is 1. The minimum absolute atomic E-state index is 0.0969. The van der Waals surface area contributed by atoms with E-state index in [0.717, 1.165) is 16.7 Å². The molecule has 202 valence electrons. The molecule has 3 N–H and O–H groups in total. The molecule has 0 saturated heterocycles. The van der Waals surface area contributed by atoms with Crippen LogP contribution in [0.5, 0.6) is 0 Å².